The molecule has 0 unspecified atom stereocenters. The normalized spacial score (nSPS) is 16.3. The third-order valence-electron chi connectivity index (χ3n) is 4.35. The van der Waals surface area contributed by atoms with Crippen molar-refractivity contribution in [3.8, 4) is 5.69 Å². The van der Waals surface area contributed by atoms with E-state index in [1.807, 2.05) is 34.9 Å². The van der Waals surface area contributed by atoms with Crippen molar-refractivity contribution in [2.24, 2.45) is 0 Å². The summed E-state index contributed by atoms with van der Waals surface area (Å²) in [5.41, 5.74) is 1.01. The first-order valence-electron chi connectivity index (χ1n) is 8.70. The lowest BCUT2D eigenvalue weighted by molar-refractivity contribution is -0.119. The highest BCUT2D eigenvalue weighted by molar-refractivity contribution is 7.99. The van der Waals surface area contributed by atoms with E-state index in [-0.39, 0.29) is 5.91 Å². The Balaban J connectivity index is 1.52. The Morgan fingerprint density at radius 1 is 1.12 bits per heavy atom. The number of aromatic nitrogens is 3. The Labute approximate surface area is 147 Å². The summed E-state index contributed by atoms with van der Waals surface area (Å²) < 4.78 is 1.91. The van der Waals surface area contributed by atoms with Crippen molar-refractivity contribution in [1.82, 2.24) is 20.1 Å². The quantitative estimate of drug-likeness (QED) is 0.842. The molecule has 0 aliphatic heterocycles. The highest BCUT2D eigenvalue weighted by Crippen LogP contribution is 2.20. The lowest BCUT2D eigenvalue weighted by Crippen LogP contribution is -2.36. The summed E-state index contributed by atoms with van der Waals surface area (Å²) in [6.45, 7) is 0. The number of benzene rings is 1. The van der Waals surface area contributed by atoms with Crippen LogP contribution >= 0.6 is 11.8 Å². The van der Waals surface area contributed by atoms with Gasteiger partial charge in [-0.3, -0.25) is 9.36 Å². The van der Waals surface area contributed by atoms with Crippen LogP contribution in [-0.2, 0) is 4.79 Å². The second-order valence-electron chi connectivity index (χ2n) is 6.22. The van der Waals surface area contributed by atoms with Crippen LogP contribution in [0.1, 0.15) is 44.9 Å². The monoisotopic (exact) mass is 344 g/mol. The van der Waals surface area contributed by atoms with Gasteiger partial charge in [0.15, 0.2) is 5.16 Å². The first-order valence-corrected chi connectivity index (χ1v) is 9.69. The van der Waals surface area contributed by atoms with Crippen molar-refractivity contribution in [3.05, 3.63) is 36.7 Å². The minimum absolute atomic E-state index is 0.0909. The van der Waals surface area contributed by atoms with Crippen LogP contribution in [0.3, 0.4) is 0 Å². The van der Waals surface area contributed by atoms with E-state index >= 15 is 0 Å². The molecular weight excluding hydrogens is 320 g/mol. The SMILES string of the molecule is O=C(CSc1nncn1-c1ccccc1)NC1CCCCCCC1. The summed E-state index contributed by atoms with van der Waals surface area (Å²) in [6.07, 6.45) is 10.3. The van der Waals surface area contributed by atoms with Crippen LogP contribution in [0.15, 0.2) is 41.8 Å². The molecule has 0 spiro atoms. The van der Waals surface area contributed by atoms with Gasteiger partial charge in [0.1, 0.15) is 6.33 Å². The van der Waals surface area contributed by atoms with Crippen molar-refractivity contribution in [1.29, 1.82) is 0 Å². The summed E-state index contributed by atoms with van der Waals surface area (Å²) >= 11 is 1.43. The molecule has 2 aromatic rings. The Hall–Kier alpha value is -1.82. The number of carbonyl (C=O) groups is 1. The molecule has 1 aromatic heterocycles. The maximum atomic E-state index is 12.3. The van der Waals surface area contributed by atoms with E-state index in [1.165, 1.54) is 43.9 Å². The van der Waals surface area contributed by atoms with Crippen LogP contribution in [0, 0.1) is 0 Å². The predicted octanol–water partition coefficient (Wildman–Crippen LogP) is 3.59. The highest BCUT2D eigenvalue weighted by Gasteiger charge is 2.15. The molecule has 1 N–H and O–H groups in total. The predicted molar refractivity (Wildman–Crippen MR) is 96.3 cm³/mol. The van der Waals surface area contributed by atoms with Crippen LogP contribution in [0.4, 0.5) is 0 Å². The summed E-state index contributed by atoms with van der Waals surface area (Å²) in [5.74, 6) is 0.468. The molecule has 0 atom stereocenters. The smallest absolute Gasteiger partial charge is 0.230 e. The fourth-order valence-corrected chi connectivity index (χ4v) is 3.83. The third kappa shape index (κ3) is 4.84. The first kappa shape index (κ1) is 17.0. The molecule has 1 heterocycles. The Morgan fingerprint density at radius 3 is 2.58 bits per heavy atom. The third-order valence-corrected chi connectivity index (χ3v) is 5.30. The van der Waals surface area contributed by atoms with Crippen LogP contribution in [-0.4, -0.2) is 32.5 Å². The molecule has 6 heteroatoms. The average Bonchev–Trinajstić information content (AvgIpc) is 3.05. The number of nitrogens with zero attached hydrogens (tertiary/aromatic N) is 3. The summed E-state index contributed by atoms with van der Waals surface area (Å²) in [6, 6.07) is 10.3. The number of amides is 1. The molecule has 0 bridgehead atoms. The molecule has 3 rings (SSSR count). The van der Waals surface area contributed by atoms with Gasteiger partial charge in [0.05, 0.1) is 5.75 Å². The molecule has 1 fully saturated rings. The summed E-state index contributed by atoms with van der Waals surface area (Å²) in [7, 11) is 0. The number of hydrogen-bond acceptors (Lipinski definition) is 4. The lowest BCUT2D eigenvalue weighted by Gasteiger charge is -2.20. The van der Waals surface area contributed by atoms with E-state index in [2.05, 4.69) is 15.5 Å². The minimum Gasteiger partial charge on any atom is -0.353 e. The zero-order chi connectivity index (χ0) is 16.6. The van der Waals surface area contributed by atoms with Gasteiger partial charge in [-0.15, -0.1) is 10.2 Å². The van der Waals surface area contributed by atoms with Gasteiger partial charge in [-0.05, 0) is 25.0 Å². The van der Waals surface area contributed by atoms with Crippen molar-refractivity contribution in [2.75, 3.05) is 5.75 Å². The number of rotatable bonds is 5. The lowest BCUT2D eigenvalue weighted by atomic mass is 9.97. The molecule has 0 radical (unpaired) electrons. The molecule has 0 saturated heterocycles. The molecule has 1 saturated carbocycles. The zero-order valence-corrected chi connectivity index (χ0v) is 14.7. The van der Waals surface area contributed by atoms with E-state index < -0.39 is 0 Å². The van der Waals surface area contributed by atoms with Gasteiger partial charge in [0.2, 0.25) is 5.91 Å². The van der Waals surface area contributed by atoms with E-state index in [9.17, 15) is 4.79 Å². The summed E-state index contributed by atoms with van der Waals surface area (Å²) in [4.78, 5) is 12.3. The van der Waals surface area contributed by atoms with E-state index in [0.717, 1.165) is 23.7 Å². The highest BCUT2D eigenvalue weighted by atomic mass is 32.2. The van der Waals surface area contributed by atoms with Gasteiger partial charge in [-0.1, -0.05) is 62.1 Å². The molecule has 1 aliphatic rings. The van der Waals surface area contributed by atoms with Crippen LogP contribution in [0.25, 0.3) is 5.69 Å². The molecule has 128 valence electrons. The number of para-hydroxylation sites is 1. The number of carbonyl (C=O) groups excluding carboxylic acids is 1. The second-order valence-corrected chi connectivity index (χ2v) is 7.16. The molecule has 1 aromatic carbocycles. The van der Waals surface area contributed by atoms with E-state index in [1.54, 1.807) is 6.33 Å². The standard InChI is InChI=1S/C18H24N4OS/c23-17(20-15-9-5-2-1-3-6-10-15)13-24-18-21-19-14-22(18)16-11-7-4-8-12-16/h4,7-8,11-12,14-15H,1-3,5-6,9-10,13H2,(H,20,23). The fourth-order valence-electron chi connectivity index (χ4n) is 3.09. The molecule has 24 heavy (non-hydrogen) atoms. The molecule has 1 amide bonds. The van der Waals surface area contributed by atoms with Crippen molar-refractivity contribution in [3.63, 3.8) is 0 Å². The van der Waals surface area contributed by atoms with Crippen LogP contribution in [0.2, 0.25) is 0 Å². The Kier molecular flexibility index (Phi) is 6.29. The van der Waals surface area contributed by atoms with Gasteiger partial charge < -0.3 is 5.32 Å². The van der Waals surface area contributed by atoms with Gasteiger partial charge in [-0.2, -0.15) is 0 Å². The topological polar surface area (TPSA) is 59.8 Å². The summed E-state index contributed by atoms with van der Waals surface area (Å²) in [5, 5.41) is 12.0. The Bertz CT molecular complexity index is 635. The average molecular weight is 344 g/mol. The van der Waals surface area contributed by atoms with Crippen molar-refractivity contribution >= 4 is 17.7 Å². The Morgan fingerprint density at radius 2 is 1.83 bits per heavy atom. The fraction of sp³-hybridized carbons (Fsp3) is 0.500. The number of thioether (sulfide) groups is 1. The zero-order valence-electron chi connectivity index (χ0n) is 13.9. The first-order chi connectivity index (χ1) is 11.8. The van der Waals surface area contributed by atoms with Gasteiger partial charge in [0, 0.05) is 11.7 Å². The maximum absolute atomic E-state index is 12.3. The van der Waals surface area contributed by atoms with Gasteiger partial charge in [0.25, 0.3) is 0 Å². The van der Waals surface area contributed by atoms with Gasteiger partial charge >= 0.3 is 0 Å². The van der Waals surface area contributed by atoms with Crippen molar-refractivity contribution < 1.29 is 4.79 Å². The van der Waals surface area contributed by atoms with E-state index in [0.29, 0.717) is 11.8 Å². The van der Waals surface area contributed by atoms with Gasteiger partial charge in [-0.25, -0.2) is 0 Å². The van der Waals surface area contributed by atoms with E-state index in [4.69, 9.17) is 0 Å². The largest absolute Gasteiger partial charge is 0.353 e. The number of nitrogens with one attached hydrogen (secondary N) is 1. The minimum atomic E-state index is 0.0909. The van der Waals surface area contributed by atoms with Crippen LogP contribution in [0.5, 0.6) is 0 Å². The molecule has 1 aliphatic carbocycles. The molecular formula is C18H24N4OS. The maximum Gasteiger partial charge on any atom is 0.230 e. The molecule has 5 nitrogen and oxygen atoms in total. The van der Waals surface area contributed by atoms with Crippen LogP contribution < -0.4 is 5.32 Å². The second kappa shape index (κ2) is 8.87. The number of hydrogen-bond donors (Lipinski definition) is 1. The van der Waals surface area contributed by atoms with Crippen molar-refractivity contribution in [2.45, 2.75) is 56.1 Å².